The highest BCUT2D eigenvalue weighted by Crippen LogP contribution is 2.22. The fourth-order valence-corrected chi connectivity index (χ4v) is 2.89. The summed E-state index contributed by atoms with van der Waals surface area (Å²) in [5.41, 5.74) is 1.25. The predicted molar refractivity (Wildman–Crippen MR) is 86.9 cm³/mol. The summed E-state index contributed by atoms with van der Waals surface area (Å²) in [6.07, 6.45) is 1.86. The molecule has 2 heterocycles. The molecule has 134 valence electrons. The molecule has 3 rings (SSSR count). The molecule has 2 aromatic rings. The molecule has 9 heteroatoms. The van der Waals surface area contributed by atoms with E-state index < -0.39 is 12.5 Å². The molecular weight excluding hydrogens is 332 g/mol. The number of carbonyl (C=O) groups excluding carboxylic acids is 1. The van der Waals surface area contributed by atoms with Crippen LogP contribution in [0, 0.1) is 6.92 Å². The highest BCUT2D eigenvalue weighted by Gasteiger charge is 2.23. The van der Waals surface area contributed by atoms with Crippen molar-refractivity contribution in [3.8, 4) is 5.75 Å². The number of halogens is 2. The van der Waals surface area contributed by atoms with E-state index in [1.165, 1.54) is 18.2 Å². The molecule has 0 radical (unpaired) electrons. The van der Waals surface area contributed by atoms with Crippen molar-refractivity contribution in [2.45, 2.75) is 32.4 Å². The minimum Gasteiger partial charge on any atom is -0.435 e. The molecule has 1 aromatic heterocycles. The van der Waals surface area contributed by atoms with Crippen LogP contribution in [0.3, 0.4) is 0 Å². The normalized spacial score (nSPS) is 15.4. The number of carbonyl (C=O) groups is 1. The average molecular weight is 351 g/mol. The summed E-state index contributed by atoms with van der Waals surface area (Å²) in [5, 5.41) is 14.0. The van der Waals surface area contributed by atoms with Crippen LogP contribution < -0.4 is 15.4 Å². The lowest BCUT2D eigenvalue weighted by atomic mass is 10.1. The maximum atomic E-state index is 12.4. The van der Waals surface area contributed by atoms with Gasteiger partial charge in [0.25, 0.3) is 5.91 Å². The van der Waals surface area contributed by atoms with Crippen LogP contribution in [0.1, 0.15) is 35.1 Å². The van der Waals surface area contributed by atoms with Crippen molar-refractivity contribution in [2.24, 2.45) is 0 Å². The topological polar surface area (TPSA) is 81.1 Å². The maximum Gasteiger partial charge on any atom is 0.387 e. The van der Waals surface area contributed by atoms with Crippen molar-refractivity contribution in [1.82, 2.24) is 20.3 Å². The molecule has 0 atom stereocenters. The highest BCUT2D eigenvalue weighted by molar-refractivity contribution is 6.03. The van der Waals surface area contributed by atoms with Crippen LogP contribution in [0.5, 0.6) is 5.75 Å². The molecule has 1 aromatic carbocycles. The van der Waals surface area contributed by atoms with Crippen LogP contribution in [-0.2, 0) is 0 Å². The van der Waals surface area contributed by atoms with Crippen molar-refractivity contribution in [3.05, 3.63) is 35.7 Å². The van der Waals surface area contributed by atoms with Gasteiger partial charge >= 0.3 is 6.61 Å². The molecule has 1 saturated heterocycles. The Kier molecular flexibility index (Phi) is 5.22. The summed E-state index contributed by atoms with van der Waals surface area (Å²) >= 11 is 0. The number of rotatable bonds is 5. The molecule has 1 fully saturated rings. The van der Waals surface area contributed by atoms with Gasteiger partial charge in [0.1, 0.15) is 5.75 Å². The largest absolute Gasteiger partial charge is 0.435 e. The minimum atomic E-state index is -2.92. The van der Waals surface area contributed by atoms with E-state index in [0.29, 0.717) is 11.4 Å². The Labute approximate surface area is 143 Å². The van der Waals surface area contributed by atoms with Gasteiger partial charge in [0.15, 0.2) is 5.69 Å². The number of anilines is 1. The number of benzene rings is 1. The first-order valence-corrected chi connectivity index (χ1v) is 8.03. The average Bonchev–Trinajstić information content (AvgIpc) is 2.97. The Hall–Kier alpha value is -2.55. The summed E-state index contributed by atoms with van der Waals surface area (Å²) in [6, 6.07) is 6.05. The van der Waals surface area contributed by atoms with Crippen molar-refractivity contribution in [2.75, 3.05) is 18.4 Å². The van der Waals surface area contributed by atoms with Crippen molar-refractivity contribution in [1.29, 1.82) is 0 Å². The number of nitrogens with one attached hydrogen (secondary N) is 2. The molecule has 25 heavy (non-hydrogen) atoms. The number of ether oxygens (including phenoxy) is 1. The van der Waals surface area contributed by atoms with Gasteiger partial charge in [0, 0.05) is 11.8 Å². The van der Waals surface area contributed by atoms with E-state index in [9.17, 15) is 13.6 Å². The second kappa shape index (κ2) is 7.56. The number of hydrogen-bond acceptors (Lipinski definition) is 5. The molecule has 0 saturated carbocycles. The molecule has 0 spiro atoms. The molecule has 1 amide bonds. The van der Waals surface area contributed by atoms with E-state index in [0.717, 1.165) is 25.9 Å². The Balaban J connectivity index is 1.72. The first kappa shape index (κ1) is 17.3. The van der Waals surface area contributed by atoms with Crippen molar-refractivity contribution >= 4 is 11.6 Å². The number of piperidine rings is 1. The van der Waals surface area contributed by atoms with Crippen LogP contribution in [-0.4, -0.2) is 40.6 Å². The number of alkyl halides is 2. The smallest absolute Gasteiger partial charge is 0.387 e. The molecule has 1 aliphatic heterocycles. The van der Waals surface area contributed by atoms with Gasteiger partial charge in [-0.25, -0.2) is 4.68 Å². The summed E-state index contributed by atoms with van der Waals surface area (Å²) in [6.45, 7) is 0.691. The van der Waals surface area contributed by atoms with Gasteiger partial charge in [-0.1, -0.05) is 11.3 Å². The molecule has 1 aliphatic rings. The fraction of sp³-hybridized carbons (Fsp3) is 0.438. The van der Waals surface area contributed by atoms with Crippen molar-refractivity contribution < 1.29 is 18.3 Å². The first-order valence-electron chi connectivity index (χ1n) is 8.03. The lowest BCUT2D eigenvalue weighted by Crippen LogP contribution is -2.30. The fourth-order valence-electron chi connectivity index (χ4n) is 2.89. The van der Waals surface area contributed by atoms with Gasteiger partial charge in [-0.3, -0.25) is 4.79 Å². The number of hydrogen-bond donors (Lipinski definition) is 2. The van der Waals surface area contributed by atoms with Gasteiger partial charge in [-0.05, 0) is 45.0 Å². The third kappa shape index (κ3) is 4.11. The van der Waals surface area contributed by atoms with Crippen LogP contribution in [0.2, 0.25) is 0 Å². The number of nitrogens with zero attached hydrogens (tertiary/aromatic N) is 3. The Morgan fingerprint density at radius 3 is 2.88 bits per heavy atom. The summed E-state index contributed by atoms with van der Waals surface area (Å²) < 4.78 is 30.7. The molecular formula is C16H19F2N5O2. The number of aromatic nitrogens is 3. The standard InChI is InChI=1S/C16H19F2N5O2/c1-10-14(21-22-23(10)12-5-7-19-8-6-12)15(24)20-11-3-2-4-13(9-11)25-16(17)18/h2-4,9,12,16,19H,5-8H2,1H3,(H,20,24). The summed E-state index contributed by atoms with van der Waals surface area (Å²) in [4.78, 5) is 12.4. The second-order valence-corrected chi connectivity index (χ2v) is 5.81. The lowest BCUT2D eigenvalue weighted by molar-refractivity contribution is -0.0497. The van der Waals surface area contributed by atoms with Crippen LogP contribution in [0.15, 0.2) is 24.3 Å². The number of amides is 1. The van der Waals surface area contributed by atoms with Gasteiger partial charge in [-0.2, -0.15) is 8.78 Å². The summed E-state index contributed by atoms with van der Waals surface area (Å²) in [5.74, 6) is -0.463. The molecule has 0 aliphatic carbocycles. The molecule has 0 unspecified atom stereocenters. The summed E-state index contributed by atoms with van der Waals surface area (Å²) in [7, 11) is 0. The maximum absolute atomic E-state index is 12.4. The van der Waals surface area contributed by atoms with E-state index in [1.807, 2.05) is 0 Å². The third-order valence-corrected chi connectivity index (χ3v) is 4.11. The van der Waals surface area contributed by atoms with Gasteiger partial charge in [0.2, 0.25) is 0 Å². The quantitative estimate of drug-likeness (QED) is 0.864. The Bertz CT molecular complexity index is 744. The van der Waals surface area contributed by atoms with E-state index in [2.05, 4.69) is 25.7 Å². The van der Waals surface area contributed by atoms with E-state index >= 15 is 0 Å². The van der Waals surface area contributed by atoms with Crippen LogP contribution >= 0.6 is 0 Å². The zero-order valence-electron chi connectivity index (χ0n) is 13.7. The van der Waals surface area contributed by atoms with Gasteiger partial charge in [-0.15, -0.1) is 5.10 Å². The van der Waals surface area contributed by atoms with E-state index in [-0.39, 0.29) is 17.5 Å². The lowest BCUT2D eigenvalue weighted by Gasteiger charge is -2.23. The second-order valence-electron chi connectivity index (χ2n) is 5.81. The monoisotopic (exact) mass is 351 g/mol. The Morgan fingerprint density at radius 2 is 2.16 bits per heavy atom. The van der Waals surface area contributed by atoms with Crippen LogP contribution in [0.4, 0.5) is 14.5 Å². The van der Waals surface area contributed by atoms with E-state index in [4.69, 9.17) is 0 Å². The van der Waals surface area contributed by atoms with Crippen molar-refractivity contribution in [3.63, 3.8) is 0 Å². The predicted octanol–water partition coefficient (Wildman–Crippen LogP) is 2.36. The zero-order valence-corrected chi connectivity index (χ0v) is 13.7. The Morgan fingerprint density at radius 1 is 1.40 bits per heavy atom. The van der Waals surface area contributed by atoms with E-state index in [1.54, 1.807) is 17.7 Å². The van der Waals surface area contributed by atoms with Crippen LogP contribution in [0.25, 0.3) is 0 Å². The SMILES string of the molecule is Cc1c(C(=O)Nc2cccc(OC(F)F)c2)nnn1C1CCNCC1. The van der Waals surface area contributed by atoms with Gasteiger partial charge < -0.3 is 15.4 Å². The molecule has 0 bridgehead atoms. The first-order chi connectivity index (χ1) is 12.0. The zero-order chi connectivity index (χ0) is 17.8. The third-order valence-electron chi connectivity index (χ3n) is 4.11. The molecule has 2 N–H and O–H groups in total. The minimum absolute atomic E-state index is 0.0251. The molecule has 7 nitrogen and oxygen atoms in total. The van der Waals surface area contributed by atoms with Gasteiger partial charge in [0.05, 0.1) is 11.7 Å². The highest BCUT2D eigenvalue weighted by atomic mass is 19.3.